The molecule has 0 fully saturated rings. The van der Waals surface area contributed by atoms with Gasteiger partial charge in [0.05, 0.1) is 11.7 Å². The predicted molar refractivity (Wildman–Crippen MR) is 143 cm³/mol. The third-order valence-corrected chi connectivity index (χ3v) is 6.83. The third-order valence-electron chi connectivity index (χ3n) is 6.58. The van der Waals surface area contributed by atoms with E-state index in [1.165, 1.54) is 0 Å². The average Bonchev–Trinajstić information content (AvgIpc) is 3.41. The Morgan fingerprint density at radius 1 is 0.861 bits per heavy atom. The highest BCUT2D eigenvalue weighted by Crippen LogP contribution is 2.45. The Morgan fingerprint density at radius 2 is 1.56 bits per heavy atom. The Bertz CT molecular complexity index is 1590. The van der Waals surface area contributed by atoms with Crippen molar-refractivity contribution in [2.75, 3.05) is 11.9 Å². The van der Waals surface area contributed by atoms with Crippen molar-refractivity contribution in [3.05, 3.63) is 125 Å². The van der Waals surface area contributed by atoms with E-state index in [1.807, 2.05) is 60.7 Å². The first-order valence-corrected chi connectivity index (χ1v) is 12.1. The van der Waals surface area contributed by atoms with Crippen molar-refractivity contribution in [2.45, 2.75) is 6.04 Å². The second kappa shape index (κ2) is 9.02. The third kappa shape index (κ3) is 3.84. The Hall–Kier alpha value is -4.35. The fourth-order valence-corrected chi connectivity index (χ4v) is 5.14. The molecule has 1 aliphatic heterocycles. The van der Waals surface area contributed by atoms with Crippen molar-refractivity contribution in [3.8, 4) is 11.3 Å². The molecule has 0 bridgehead atoms. The molecule has 5 aromatic rings. The van der Waals surface area contributed by atoms with Crippen molar-refractivity contribution in [3.63, 3.8) is 0 Å². The van der Waals surface area contributed by atoms with E-state index in [9.17, 15) is 9.59 Å². The zero-order chi connectivity index (χ0) is 24.6. The lowest BCUT2D eigenvalue weighted by Crippen LogP contribution is -2.36. The molecule has 1 aromatic heterocycles. The summed E-state index contributed by atoms with van der Waals surface area (Å²) in [7, 11) is 0. The zero-order valence-corrected chi connectivity index (χ0v) is 20.0. The van der Waals surface area contributed by atoms with Gasteiger partial charge in [0.15, 0.2) is 0 Å². The van der Waals surface area contributed by atoms with E-state index in [0.717, 1.165) is 33.3 Å². The number of aromatic nitrogens is 1. The fourth-order valence-electron chi connectivity index (χ4n) is 5.01. The number of nitrogens with zero attached hydrogens (tertiary/aromatic N) is 1. The minimum absolute atomic E-state index is 0.0887. The van der Waals surface area contributed by atoms with E-state index in [2.05, 4.69) is 28.5 Å². The second-order valence-corrected chi connectivity index (χ2v) is 9.24. The molecule has 2 amide bonds. The van der Waals surface area contributed by atoms with Gasteiger partial charge in [-0.2, -0.15) is 0 Å². The van der Waals surface area contributed by atoms with Crippen LogP contribution in [0.5, 0.6) is 0 Å². The molecule has 2 N–H and O–H groups in total. The summed E-state index contributed by atoms with van der Waals surface area (Å²) in [6.07, 6.45) is 0. The lowest BCUT2D eigenvalue weighted by Gasteiger charge is -2.26. The van der Waals surface area contributed by atoms with E-state index < -0.39 is 6.04 Å². The summed E-state index contributed by atoms with van der Waals surface area (Å²) in [5, 5.41) is 4.50. The molecule has 0 aliphatic carbocycles. The van der Waals surface area contributed by atoms with E-state index in [0.29, 0.717) is 16.3 Å². The van der Waals surface area contributed by atoms with Crippen molar-refractivity contribution >= 4 is 40.0 Å². The quantitative estimate of drug-likeness (QED) is 0.288. The van der Waals surface area contributed by atoms with E-state index >= 15 is 0 Å². The topological polar surface area (TPSA) is 65.2 Å². The molecule has 0 saturated heterocycles. The van der Waals surface area contributed by atoms with Crippen LogP contribution in [0, 0.1) is 0 Å². The predicted octanol–water partition coefficient (Wildman–Crippen LogP) is 6.67. The van der Waals surface area contributed by atoms with Crippen LogP contribution in [0.1, 0.15) is 27.5 Å². The first-order chi connectivity index (χ1) is 17.6. The van der Waals surface area contributed by atoms with Crippen LogP contribution in [0.15, 0.2) is 103 Å². The van der Waals surface area contributed by atoms with E-state index in [-0.39, 0.29) is 18.4 Å². The number of carbonyl (C=O) groups excluding carboxylic acids is 2. The summed E-state index contributed by atoms with van der Waals surface area (Å²) in [5.74, 6) is -0.435. The van der Waals surface area contributed by atoms with E-state index in [4.69, 9.17) is 11.6 Å². The van der Waals surface area contributed by atoms with Crippen LogP contribution < -0.4 is 5.32 Å². The van der Waals surface area contributed by atoms with Crippen molar-refractivity contribution in [2.24, 2.45) is 0 Å². The molecule has 1 aliphatic rings. The number of nitrogens with one attached hydrogen (secondary N) is 2. The summed E-state index contributed by atoms with van der Waals surface area (Å²) < 4.78 is 0. The maximum absolute atomic E-state index is 13.6. The first-order valence-electron chi connectivity index (χ1n) is 11.7. The van der Waals surface area contributed by atoms with Gasteiger partial charge in [0.2, 0.25) is 5.91 Å². The summed E-state index contributed by atoms with van der Waals surface area (Å²) in [6.45, 7) is -0.0887. The zero-order valence-electron chi connectivity index (χ0n) is 19.2. The maximum atomic E-state index is 13.6. The van der Waals surface area contributed by atoms with Crippen LogP contribution in [0.25, 0.3) is 22.2 Å². The molecule has 1 atom stereocenters. The summed E-state index contributed by atoms with van der Waals surface area (Å²) in [6, 6.07) is 32.3. The van der Waals surface area contributed by atoms with Gasteiger partial charge in [0.25, 0.3) is 5.91 Å². The van der Waals surface area contributed by atoms with Crippen molar-refractivity contribution in [1.82, 2.24) is 9.88 Å². The van der Waals surface area contributed by atoms with Gasteiger partial charge >= 0.3 is 0 Å². The molecule has 6 heteroatoms. The molecule has 6 rings (SSSR count). The van der Waals surface area contributed by atoms with Crippen molar-refractivity contribution < 1.29 is 9.59 Å². The molecule has 0 unspecified atom stereocenters. The fraction of sp³-hybridized carbons (Fsp3) is 0.0667. The van der Waals surface area contributed by atoms with Crippen molar-refractivity contribution in [1.29, 1.82) is 0 Å². The van der Waals surface area contributed by atoms with Crippen LogP contribution in [-0.2, 0) is 4.79 Å². The van der Waals surface area contributed by atoms with Crippen LogP contribution in [0.4, 0.5) is 5.69 Å². The molecule has 0 saturated carbocycles. The lowest BCUT2D eigenvalue weighted by atomic mass is 9.93. The molecule has 176 valence electrons. The number of fused-ring (bicyclic) bond motifs is 2. The smallest absolute Gasteiger partial charge is 0.255 e. The van der Waals surface area contributed by atoms with Gasteiger partial charge < -0.3 is 15.2 Å². The molecule has 2 heterocycles. The molecule has 36 heavy (non-hydrogen) atoms. The number of aromatic amines is 1. The Labute approximate surface area is 213 Å². The summed E-state index contributed by atoms with van der Waals surface area (Å²) in [5.41, 5.74) is 6.06. The highest BCUT2D eigenvalue weighted by Gasteiger charge is 2.40. The average molecular weight is 492 g/mol. The van der Waals surface area contributed by atoms with Crippen LogP contribution in [0.3, 0.4) is 0 Å². The SMILES string of the molecule is O=C(CN1C(=O)c2ccccc2[C@H]1c1c(-c2ccccc2)[nH]c2ccccc12)Nc1ccc(Cl)cc1. The van der Waals surface area contributed by atoms with Gasteiger partial charge in [-0.1, -0.05) is 78.3 Å². The normalized spacial score (nSPS) is 14.8. The number of carbonyl (C=O) groups is 2. The van der Waals surface area contributed by atoms with E-state index in [1.54, 1.807) is 29.2 Å². The molecular weight excluding hydrogens is 470 g/mol. The van der Waals surface area contributed by atoms with Crippen LogP contribution in [0.2, 0.25) is 5.02 Å². The molecule has 0 radical (unpaired) electrons. The number of rotatable bonds is 5. The standard InChI is InChI=1S/C30H22ClN3O2/c31-20-14-16-21(17-15-20)32-26(35)18-34-29(22-10-4-5-11-23(22)30(34)36)27-24-12-6-7-13-25(24)33-28(27)19-8-2-1-3-9-19/h1-17,29,33H,18H2,(H,32,35)/t29-/m0/s1. The van der Waals surface area contributed by atoms with Gasteiger partial charge in [-0.25, -0.2) is 0 Å². The minimum Gasteiger partial charge on any atom is -0.354 e. The van der Waals surface area contributed by atoms with Gasteiger partial charge in [-0.15, -0.1) is 0 Å². The monoisotopic (exact) mass is 491 g/mol. The number of halogens is 1. The number of anilines is 1. The number of H-pyrrole nitrogens is 1. The highest BCUT2D eigenvalue weighted by atomic mass is 35.5. The number of hydrogen-bond acceptors (Lipinski definition) is 2. The minimum atomic E-state index is -0.420. The molecule has 4 aromatic carbocycles. The van der Waals surface area contributed by atoms with Gasteiger partial charge in [0, 0.05) is 32.7 Å². The number of amides is 2. The Kier molecular flexibility index (Phi) is 5.55. The van der Waals surface area contributed by atoms with Gasteiger partial charge in [0.1, 0.15) is 6.54 Å². The summed E-state index contributed by atoms with van der Waals surface area (Å²) in [4.78, 5) is 32.0. The molecule has 0 spiro atoms. The van der Waals surface area contributed by atoms with Crippen LogP contribution >= 0.6 is 11.6 Å². The maximum Gasteiger partial charge on any atom is 0.255 e. The Balaban J connectivity index is 1.47. The lowest BCUT2D eigenvalue weighted by molar-refractivity contribution is -0.117. The largest absolute Gasteiger partial charge is 0.354 e. The number of benzene rings is 4. The highest BCUT2D eigenvalue weighted by molar-refractivity contribution is 6.30. The first kappa shape index (κ1) is 22.1. The Morgan fingerprint density at radius 3 is 2.36 bits per heavy atom. The van der Waals surface area contributed by atoms with Gasteiger partial charge in [-0.3, -0.25) is 9.59 Å². The van der Waals surface area contributed by atoms with Gasteiger partial charge in [-0.05, 0) is 47.5 Å². The number of para-hydroxylation sites is 1. The number of hydrogen-bond donors (Lipinski definition) is 2. The molecular formula is C30H22ClN3O2. The molecule has 5 nitrogen and oxygen atoms in total. The second-order valence-electron chi connectivity index (χ2n) is 8.80. The summed E-state index contributed by atoms with van der Waals surface area (Å²) >= 11 is 5.98. The van der Waals surface area contributed by atoms with Crippen LogP contribution in [-0.4, -0.2) is 28.2 Å².